The lowest BCUT2D eigenvalue weighted by molar-refractivity contribution is -0.118. The molecule has 0 aliphatic heterocycles. The van der Waals surface area contributed by atoms with Crippen LogP contribution in [0.25, 0.3) is 0 Å². The zero-order chi connectivity index (χ0) is 23.1. The first kappa shape index (κ1) is 23.3. The molecular weight excluding hydrogens is 433 g/mol. The van der Waals surface area contributed by atoms with Gasteiger partial charge in [-0.1, -0.05) is 36.0 Å². The molecule has 3 rings (SSSR count). The maximum atomic E-state index is 13.8. The molecule has 0 saturated heterocycles. The van der Waals surface area contributed by atoms with Gasteiger partial charge in [-0.2, -0.15) is 0 Å². The fraction of sp³-hybridized carbons (Fsp3) is 0.273. The number of thioether (sulfide) groups is 1. The van der Waals surface area contributed by atoms with Gasteiger partial charge in [0.05, 0.1) is 24.5 Å². The smallest absolute Gasteiger partial charge is 0.254 e. The number of methoxy groups -OCH3 is 1. The largest absolute Gasteiger partial charge is 0.497 e. The number of halogens is 1. The molecule has 1 unspecified atom stereocenters. The summed E-state index contributed by atoms with van der Waals surface area (Å²) in [5.74, 6) is 0.149. The molecule has 0 fully saturated rings. The lowest BCUT2D eigenvalue weighted by atomic mass is 10.2. The molecule has 0 aliphatic carbocycles. The summed E-state index contributed by atoms with van der Waals surface area (Å²) in [6, 6.07) is 12.7. The normalized spacial score (nSPS) is 11.6. The second-order valence-electron chi connectivity index (χ2n) is 6.99. The van der Waals surface area contributed by atoms with Crippen LogP contribution in [0, 0.1) is 5.82 Å². The van der Waals surface area contributed by atoms with Crippen LogP contribution in [-0.2, 0) is 18.4 Å². The van der Waals surface area contributed by atoms with E-state index in [1.807, 2.05) is 24.3 Å². The molecule has 3 aromatic rings. The minimum atomic E-state index is -0.591. The summed E-state index contributed by atoms with van der Waals surface area (Å²) in [7, 11) is 3.35. The Morgan fingerprint density at radius 3 is 2.56 bits per heavy atom. The van der Waals surface area contributed by atoms with Gasteiger partial charge >= 0.3 is 0 Å². The average Bonchev–Trinajstić information content (AvgIpc) is 3.17. The second kappa shape index (κ2) is 10.8. The standard InChI is InChI=1S/C22H24FN5O3S/c1-14(25-21(30)17-6-4-5-7-18(17)23)20-26-27-22(28(20)2)32-13-19(29)24-12-15-8-10-16(31-3)11-9-15/h4-11,14H,12-13H2,1-3H3,(H,24,29)(H,25,30). The average molecular weight is 458 g/mol. The number of ether oxygens (including phenoxy) is 1. The number of nitrogens with zero attached hydrogens (tertiary/aromatic N) is 3. The maximum absolute atomic E-state index is 13.8. The van der Waals surface area contributed by atoms with Crippen molar-refractivity contribution in [1.29, 1.82) is 0 Å². The summed E-state index contributed by atoms with van der Waals surface area (Å²) >= 11 is 1.24. The molecule has 2 N–H and O–H groups in total. The molecular formula is C22H24FN5O3S. The lowest BCUT2D eigenvalue weighted by Crippen LogP contribution is -2.29. The van der Waals surface area contributed by atoms with Gasteiger partial charge in [-0.15, -0.1) is 10.2 Å². The highest BCUT2D eigenvalue weighted by Gasteiger charge is 2.20. The van der Waals surface area contributed by atoms with E-state index < -0.39 is 17.8 Å². The van der Waals surface area contributed by atoms with Crippen molar-refractivity contribution < 1.29 is 18.7 Å². The van der Waals surface area contributed by atoms with Crippen molar-refractivity contribution in [2.45, 2.75) is 24.7 Å². The Labute approximate surface area is 189 Å². The fourth-order valence-corrected chi connectivity index (χ4v) is 3.69. The molecule has 2 aromatic carbocycles. The Morgan fingerprint density at radius 1 is 1.16 bits per heavy atom. The van der Waals surface area contributed by atoms with Gasteiger partial charge in [0.1, 0.15) is 11.6 Å². The van der Waals surface area contributed by atoms with Gasteiger partial charge in [0.15, 0.2) is 11.0 Å². The number of carbonyl (C=O) groups is 2. The van der Waals surface area contributed by atoms with E-state index in [4.69, 9.17) is 4.74 Å². The van der Waals surface area contributed by atoms with E-state index in [-0.39, 0.29) is 17.2 Å². The number of hydrogen-bond donors (Lipinski definition) is 2. The first-order valence-corrected chi connectivity index (χ1v) is 10.8. The fourth-order valence-electron chi connectivity index (χ4n) is 2.94. The minimum Gasteiger partial charge on any atom is -0.497 e. The third kappa shape index (κ3) is 5.85. The summed E-state index contributed by atoms with van der Waals surface area (Å²) in [5, 5.41) is 14.3. The van der Waals surface area contributed by atoms with E-state index in [1.165, 1.54) is 30.0 Å². The molecule has 10 heteroatoms. The Morgan fingerprint density at radius 2 is 1.88 bits per heavy atom. The third-order valence-electron chi connectivity index (χ3n) is 4.70. The summed E-state index contributed by atoms with van der Waals surface area (Å²) in [6.07, 6.45) is 0. The highest BCUT2D eigenvalue weighted by atomic mass is 32.2. The monoisotopic (exact) mass is 457 g/mol. The highest BCUT2D eigenvalue weighted by Crippen LogP contribution is 2.19. The van der Waals surface area contributed by atoms with Gasteiger partial charge in [0, 0.05) is 13.6 Å². The molecule has 32 heavy (non-hydrogen) atoms. The zero-order valence-corrected chi connectivity index (χ0v) is 18.8. The molecule has 0 radical (unpaired) electrons. The van der Waals surface area contributed by atoms with E-state index in [0.717, 1.165) is 11.3 Å². The van der Waals surface area contributed by atoms with Crippen molar-refractivity contribution in [3.63, 3.8) is 0 Å². The van der Waals surface area contributed by atoms with E-state index in [2.05, 4.69) is 20.8 Å². The Bertz CT molecular complexity index is 1090. The predicted molar refractivity (Wildman–Crippen MR) is 119 cm³/mol. The van der Waals surface area contributed by atoms with Crippen LogP contribution in [-0.4, -0.2) is 39.4 Å². The third-order valence-corrected chi connectivity index (χ3v) is 5.72. The van der Waals surface area contributed by atoms with Crippen LogP contribution in [0.1, 0.15) is 34.7 Å². The van der Waals surface area contributed by atoms with Crippen LogP contribution in [0.15, 0.2) is 53.7 Å². The van der Waals surface area contributed by atoms with Crippen LogP contribution in [0.3, 0.4) is 0 Å². The van der Waals surface area contributed by atoms with E-state index >= 15 is 0 Å². The number of aromatic nitrogens is 3. The van der Waals surface area contributed by atoms with Crippen molar-refractivity contribution in [2.24, 2.45) is 7.05 Å². The molecule has 0 bridgehead atoms. The van der Waals surface area contributed by atoms with Crippen LogP contribution in [0.5, 0.6) is 5.75 Å². The van der Waals surface area contributed by atoms with Gasteiger partial charge in [0.2, 0.25) is 5.91 Å². The van der Waals surface area contributed by atoms with Gasteiger partial charge in [0.25, 0.3) is 5.91 Å². The number of carbonyl (C=O) groups excluding carboxylic acids is 2. The maximum Gasteiger partial charge on any atom is 0.254 e. The Kier molecular flexibility index (Phi) is 7.82. The number of nitrogens with one attached hydrogen (secondary N) is 2. The van der Waals surface area contributed by atoms with Crippen molar-refractivity contribution in [2.75, 3.05) is 12.9 Å². The number of hydrogen-bond acceptors (Lipinski definition) is 6. The van der Waals surface area contributed by atoms with Crippen LogP contribution in [0.2, 0.25) is 0 Å². The van der Waals surface area contributed by atoms with E-state index in [0.29, 0.717) is 17.5 Å². The summed E-state index contributed by atoms with van der Waals surface area (Å²) in [4.78, 5) is 24.5. The molecule has 168 valence electrons. The molecule has 0 saturated carbocycles. The van der Waals surface area contributed by atoms with E-state index in [1.54, 1.807) is 31.7 Å². The number of amides is 2. The zero-order valence-electron chi connectivity index (χ0n) is 18.0. The quantitative estimate of drug-likeness (QED) is 0.480. The summed E-state index contributed by atoms with van der Waals surface area (Å²) < 4.78 is 20.6. The number of rotatable bonds is 9. The molecule has 1 atom stereocenters. The molecule has 2 amide bonds. The molecule has 1 heterocycles. The van der Waals surface area contributed by atoms with Gasteiger partial charge in [-0.25, -0.2) is 4.39 Å². The Hall–Kier alpha value is -3.40. The summed E-state index contributed by atoms with van der Waals surface area (Å²) in [5.41, 5.74) is 0.925. The van der Waals surface area contributed by atoms with Crippen molar-refractivity contribution in [3.05, 3.63) is 71.3 Å². The first-order chi connectivity index (χ1) is 15.4. The molecule has 0 aliphatic rings. The molecule has 8 nitrogen and oxygen atoms in total. The predicted octanol–water partition coefficient (Wildman–Crippen LogP) is 2.86. The van der Waals surface area contributed by atoms with Crippen LogP contribution >= 0.6 is 11.8 Å². The minimum absolute atomic E-state index is 0.0374. The topological polar surface area (TPSA) is 98.1 Å². The molecule has 1 aromatic heterocycles. The lowest BCUT2D eigenvalue weighted by Gasteiger charge is -2.14. The van der Waals surface area contributed by atoms with E-state index in [9.17, 15) is 14.0 Å². The van der Waals surface area contributed by atoms with Crippen molar-refractivity contribution >= 4 is 23.6 Å². The van der Waals surface area contributed by atoms with Gasteiger partial charge in [-0.3, -0.25) is 9.59 Å². The highest BCUT2D eigenvalue weighted by molar-refractivity contribution is 7.99. The molecule has 0 spiro atoms. The number of benzene rings is 2. The van der Waals surface area contributed by atoms with Crippen LogP contribution < -0.4 is 15.4 Å². The Balaban J connectivity index is 1.51. The first-order valence-electron chi connectivity index (χ1n) is 9.86. The van der Waals surface area contributed by atoms with Crippen molar-refractivity contribution in [3.8, 4) is 5.75 Å². The SMILES string of the molecule is COc1ccc(CNC(=O)CSc2nnc(C(C)NC(=O)c3ccccc3F)n2C)cc1. The van der Waals surface area contributed by atoms with Crippen molar-refractivity contribution in [1.82, 2.24) is 25.4 Å². The van der Waals surface area contributed by atoms with Gasteiger partial charge < -0.3 is 19.9 Å². The summed E-state index contributed by atoms with van der Waals surface area (Å²) in [6.45, 7) is 2.14. The second-order valence-corrected chi connectivity index (χ2v) is 7.93. The van der Waals surface area contributed by atoms with Crippen LogP contribution in [0.4, 0.5) is 4.39 Å². The van der Waals surface area contributed by atoms with Gasteiger partial charge in [-0.05, 0) is 36.8 Å².